The molecule has 0 saturated heterocycles. The van der Waals surface area contributed by atoms with E-state index in [1.807, 2.05) is 43.6 Å². The SMILES string of the molecule is Cn1cc(/C=C/C(=O)NCC(O)c2ccccc2)cn1. The molecule has 5 nitrogen and oxygen atoms in total. The highest BCUT2D eigenvalue weighted by Gasteiger charge is 2.07. The monoisotopic (exact) mass is 271 g/mol. The van der Waals surface area contributed by atoms with Gasteiger partial charge < -0.3 is 10.4 Å². The third-order valence-corrected chi connectivity index (χ3v) is 2.81. The van der Waals surface area contributed by atoms with Crippen LogP contribution in [0.5, 0.6) is 0 Å². The summed E-state index contributed by atoms with van der Waals surface area (Å²) >= 11 is 0. The summed E-state index contributed by atoms with van der Waals surface area (Å²) in [5, 5.41) is 16.6. The fourth-order valence-electron chi connectivity index (χ4n) is 1.75. The lowest BCUT2D eigenvalue weighted by Crippen LogP contribution is -2.26. The van der Waals surface area contributed by atoms with Crippen molar-refractivity contribution in [3.63, 3.8) is 0 Å². The summed E-state index contributed by atoms with van der Waals surface area (Å²) < 4.78 is 1.66. The van der Waals surface area contributed by atoms with E-state index < -0.39 is 6.10 Å². The summed E-state index contributed by atoms with van der Waals surface area (Å²) in [4.78, 5) is 11.6. The van der Waals surface area contributed by atoms with Crippen LogP contribution >= 0.6 is 0 Å². The van der Waals surface area contributed by atoms with Crippen LogP contribution < -0.4 is 5.32 Å². The van der Waals surface area contributed by atoms with Gasteiger partial charge in [-0.2, -0.15) is 5.10 Å². The molecule has 20 heavy (non-hydrogen) atoms. The number of nitrogens with one attached hydrogen (secondary N) is 1. The van der Waals surface area contributed by atoms with Gasteiger partial charge in [-0.1, -0.05) is 30.3 Å². The van der Waals surface area contributed by atoms with Crippen LogP contribution in [-0.4, -0.2) is 27.3 Å². The van der Waals surface area contributed by atoms with E-state index in [4.69, 9.17) is 0 Å². The van der Waals surface area contributed by atoms with E-state index >= 15 is 0 Å². The van der Waals surface area contributed by atoms with Crippen molar-refractivity contribution in [2.45, 2.75) is 6.10 Å². The van der Waals surface area contributed by atoms with Crippen molar-refractivity contribution in [3.8, 4) is 0 Å². The van der Waals surface area contributed by atoms with Crippen LogP contribution in [0.2, 0.25) is 0 Å². The first-order chi connectivity index (χ1) is 9.65. The second-order valence-corrected chi connectivity index (χ2v) is 4.45. The fraction of sp³-hybridized carbons (Fsp3) is 0.200. The lowest BCUT2D eigenvalue weighted by Gasteiger charge is -2.10. The zero-order chi connectivity index (χ0) is 14.4. The summed E-state index contributed by atoms with van der Waals surface area (Å²) in [7, 11) is 1.81. The normalized spacial score (nSPS) is 12.5. The molecule has 0 aliphatic carbocycles. The summed E-state index contributed by atoms with van der Waals surface area (Å²) in [6.45, 7) is 0.181. The molecule has 2 rings (SSSR count). The highest BCUT2D eigenvalue weighted by atomic mass is 16.3. The molecule has 0 saturated carbocycles. The second-order valence-electron chi connectivity index (χ2n) is 4.45. The van der Waals surface area contributed by atoms with Gasteiger partial charge in [-0.05, 0) is 11.6 Å². The Morgan fingerprint density at radius 2 is 2.20 bits per heavy atom. The van der Waals surface area contributed by atoms with Gasteiger partial charge in [0.15, 0.2) is 0 Å². The molecule has 1 aromatic carbocycles. The molecular formula is C15H17N3O2. The minimum Gasteiger partial charge on any atom is -0.387 e. The summed E-state index contributed by atoms with van der Waals surface area (Å²) in [5.74, 6) is -0.246. The minimum absolute atomic E-state index is 0.181. The lowest BCUT2D eigenvalue weighted by atomic mass is 10.1. The summed E-state index contributed by atoms with van der Waals surface area (Å²) in [6, 6.07) is 9.22. The average molecular weight is 271 g/mol. The molecule has 0 fully saturated rings. The van der Waals surface area contributed by atoms with Crippen LogP contribution in [0.3, 0.4) is 0 Å². The number of aryl methyl sites for hydroxylation is 1. The number of rotatable bonds is 5. The van der Waals surface area contributed by atoms with Gasteiger partial charge in [-0.15, -0.1) is 0 Å². The topological polar surface area (TPSA) is 67.2 Å². The predicted octanol–water partition coefficient (Wildman–Crippen LogP) is 1.28. The van der Waals surface area contributed by atoms with E-state index in [1.54, 1.807) is 17.0 Å². The molecule has 104 valence electrons. The zero-order valence-electron chi connectivity index (χ0n) is 11.2. The maximum absolute atomic E-state index is 11.6. The number of carbonyl (C=O) groups excluding carboxylic acids is 1. The Kier molecular flexibility index (Phi) is 4.68. The Morgan fingerprint density at radius 3 is 2.85 bits per heavy atom. The van der Waals surface area contributed by atoms with Gasteiger partial charge in [0.25, 0.3) is 0 Å². The van der Waals surface area contributed by atoms with Gasteiger partial charge in [0.1, 0.15) is 0 Å². The first kappa shape index (κ1) is 14.0. The maximum atomic E-state index is 11.6. The van der Waals surface area contributed by atoms with E-state index in [0.29, 0.717) is 0 Å². The van der Waals surface area contributed by atoms with Crippen LogP contribution in [0.25, 0.3) is 6.08 Å². The zero-order valence-corrected chi connectivity index (χ0v) is 11.2. The van der Waals surface area contributed by atoms with Crippen LogP contribution in [0.1, 0.15) is 17.2 Å². The third kappa shape index (κ3) is 4.07. The Balaban J connectivity index is 1.82. The highest BCUT2D eigenvalue weighted by Crippen LogP contribution is 2.10. The maximum Gasteiger partial charge on any atom is 0.244 e. The number of aliphatic hydroxyl groups is 1. The number of hydrogen-bond acceptors (Lipinski definition) is 3. The smallest absolute Gasteiger partial charge is 0.244 e. The van der Waals surface area contributed by atoms with Crippen molar-refractivity contribution in [1.29, 1.82) is 0 Å². The van der Waals surface area contributed by atoms with E-state index in [0.717, 1.165) is 11.1 Å². The van der Waals surface area contributed by atoms with Gasteiger partial charge in [0.05, 0.1) is 12.3 Å². The van der Waals surface area contributed by atoms with E-state index in [9.17, 15) is 9.90 Å². The first-order valence-electron chi connectivity index (χ1n) is 6.33. The molecule has 2 aromatic rings. The van der Waals surface area contributed by atoms with Gasteiger partial charge in [0, 0.05) is 31.4 Å². The number of aliphatic hydroxyl groups excluding tert-OH is 1. The van der Waals surface area contributed by atoms with Gasteiger partial charge in [-0.25, -0.2) is 0 Å². The Bertz CT molecular complexity index is 590. The van der Waals surface area contributed by atoms with Gasteiger partial charge in [0.2, 0.25) is 5.91 Å². The van der Waals surface area contributed by atoms with Crippen molar-refractivity contribution in [2.24, 2.45) is 7.05 Å². The fourth-order valence-corrected chi connectivity index (χ4v) is 1.75. The molecule has 5 heteroatoms. The van der Waals surface area contributed by atoms with Gasteiger partial charge >= 0.3 is 0 Å². The Labute approximate surface area is 117 Å². The number of carbonyl (C=O) groups is 1. The number of nitrogens with zero attached hydrogens (tertiary/aromatic N) is 2. The molecule has 1 amide bonds. The largest absolute Gasteiger partial charge is 0.387 e. The summed E-state index contributed by atoms with van der Waals surface area (Å²) in [6.07, 6.45) is 5.88. The van der Waals surface area contributed by atoms with E-state index in [-0.39, 0.29) is 12.5 Å². The standard InChI is InChI=1S/C15H17N3O2/c1-18-11-12(9-17-18)7-8-15(20)16-10-14(19)13-5-3-2-4-6-13/h2-9,11,14,19H,10H2,1H3,(H,16,20)/b8-7+. The van der Waals surface area contributed by atoms with Crippen LogP contribution in [0.15, 0.2) is 48.8 Å². The molecular weight excluding hydrogens is 254 g/mol. The minimum atomic E-state index is -0.702. The van der Waals surface area contributed by atoms with Crippen LogP contribution in [-0.2, 0) is 11.8 Å². The van der Waals surface area contributed by atoms with E-state index in [1.165, 1.54) is 6.08 Å². The highest BCUT2D eigenvalue weighted by molar-refractivity contribution is 5.91. The van der Waals surface area contributed by atoms with Crippen LogP contribution in [0, 0.1) is 0 Å². The predicted molar refractivity (Wildman–Crippen MR) is 76.7 cm³/mol. The Hall–Kier alpha value is -2.40. The van der Waals surface area contributed by atoms with Crippen molar-refractivity contribution in [1.82, 2.24) is 15.1 Å². The second kappa shape index (κ2) is 6.68. The summed E-state index contributed by atoms with van der Waals surface area (Å²) in [5.41, 5.74) is 1.63. The first-order valence-corrected chi connectivity index (χ1v) is 6.33. The third-order valence-electron chi connectivity index (χ3n) is 2.81. The molecule has 1 atom stereocenters. The number of benzene rings is 1. The lowest BCUT2D eigenvalue weighted by molar-refractivity contribution is -0.116. The van der Waals surface area contributed by atoms with Crippen molar-refractivity contribution < 1.29 is 9.90 Å². The van der Waals surface area contributed by atoms with E-state index in [2.05, 4.69) is 10.4 Å². The van der Waals surface area contributed by atoms with Gasteiger partial charge in [-0.3, -0.25) is 9.48 Å². The molecule has 2 N–H and O–H groups in total. The number of aromatic nitrogens is 2. The van der Waals surface area contributed by atoms with Crippen molar-refractivity contribution in [3.05, 3.63) is 59.9 Å². The molecule has 0 aliphatic heterocycles. The van der Waals surface area contributed by atoms with Crippen molar-refractivity contribution in [2.75, 3.05) is 6.54 Å². The molecule has 0 aliphatic rings. The quantitative estimate of drug-likeness (QED) is 0.805. The number of hydrogen-bond donors (Lipinski definition) is 2. The molecule has 1 heterocycles. The molecule has 0 bridgehead atoms. The molecule has 0 spiro atoms. The van der Waals surface area contributed by atoms with Crippen LogP contribution in [0.4, 0.5) is 0 Å². The van der Waals surface area contributed by atoms with Crippen molar-refractivity contribution >= 4 is 12.0 Å². The molecule has 1 unspecified atom stereocenters. The molecule has 1 aromatic heterocycles. The average Bonchev–Trinajstić information content (AvgIpc) is 2.89. The Morgan fingerprint density at radius 1 is 1.45 bits per heavy atom. The molecule has 0 radical (unpaired) electrons. The number of amides is 1.